The first-order valence-electron chi connectivity index (χ1n) is 8.68. The Morgan fingerprint density at radius 2 is 2.15 bits per heavy atom. The van der Waals surface area contributed by atoms with Crippen molar-refractivity contribution < 1.29 is 9.32 Å². The molecule has 7 heteroatoms. The van der Waals surface area contributed by atoms with Gasteiger partial charge >= 0.3 is 0 Å². The van der Waals surface area contributed by atoms with Gasteiger partial charge in [-0.1, -0.05) is 5.16 Å². The number of carbonyl (C=O) groups is 1. The maximum atomic E-state index is 12.1. The van der Waals surface area contributed by atoms with E-state index in [1.165, 1.54) is 0 Å². The number of carbonyl (C=O) groups excluding carboxylic acids is 1. The molecule has 0 spiro atoms. The fraction of sp³-hybridized carbons (Fsp3) is 0.368. The Hall–Kier alpha value is -2.96. The van der Waals surface area contributed by atoms with Crippen LogP contribution in [-0.2, 0) is 17.8 Å². The Morgan fingerprint density at radius 3 is 2.85 bits per heavy atom. The lowest BCUT2D eigenvalue weighted by Gasteiger charge is -2.07. The molecule has 3 aromatic rings. The highest BCUT2D eigenvalue weighted by Crippen LogP contribution is 2.17. The van der Waals surface area contributed by atoms with Crippen LogP contribution >= 0.6 is 0 Å². The van der Waals surface area contributed by atoms with Crippen LogP contribution in [0, 0.1) is 20.8 Å². The highest BCUT2D eigenvalue weighted by molar-refractivity contribution is 5.76. The summed E-state index contributed by atoms with van der Waals surface area (Å²) in [6.07, 6.45) is 4.59. The van der Waals surface area contributed by atoms with Gasteiger partial charge < -0.3 is 9.84 Å². The van der Waals surface area contributed by atoms with E-state index in [1.54, 1.807) is 12.4 Å². The molecule has 0 fully saturated rings. The van der Waals surface area contributed by atoms with Crippen molar-refractivity contribution in [3.63, 3.8) is 0 Å². The van der Waals surface area contributed by atoms with Crippen LogP contribution in [0.2, 0.25) is 0 Å². The first-order valence-corrected chi connectivity index (χ1v) is 8.68. The molecule has 1 N–H and O–H groups in total. The van der Waals surface area contributed by atoms with Gasteiger partial charge in [0, 0.05) is 42.2 Å². The average Bonchev–Trinajstić information content (AvgIpc) is 3.16. The van der Waals surface area contributed by atoms with Crippen molar-refractivity contribution in [2.45, 2.75) is 40.2 Å². The van der Waals surface area contributed by atoms with Gasteiger partial charge in [-0.05, 0) is 45.4 Å². The first kappa shape index (κ1) is 17.8. The Labute approximate surface area is 152 Å². The van der Waals surface area contributed by atoms with E-state index in [1.807, 2.05) is 43.7 Å². The Bertz CT molecular complexity index is 863. The number of nitrogens with one attached hydrogen (secondary N) is 1. The maximum Gasteiger partial charge on any atom is 0.220 e. The van der Waals surface area contributed by atoms with Crippen LogP contribution in [-0.4, -0.2) is 32.4 Å². The SMILES string of the molecule is Cc1noc(C)c1CCC(=O)NCCn1nc(-c2cccnc2)cc1C. The van der Waals surface area contributed by atoms with Crippen LogP contribution in [0.5, 0.6) is 0 Å². The van der Waals surface area contributed by atoms with Crippen LogP contribution in [0.4, 0.5) is 0 Å². The molecular formula is C19H23N5O2. The third kappa shape index (κ3) is 4.17. The average molecular weight is 353 g/mol. The third-order valence-corrected chi connectivity index (χ3v) is 4.37. The number of hydrogen-bond donors (Lipinski definition) is 1. The van der Waals surface area contributed by atoms with Crippen molar-refractivity contribution in [3.8, 4) is 11.3 Å². The normalized spacial score (nSPS) is 10.9. The standard InChI is InChI=1S/C19H23N5O2/c1-13-11-18(16-5-4-8-20-12-16)22-24(13)10-9-21-19(25)7-6-17-14(2)23-26-15(17)3/h4-5,8,11-12H,6-7,9-10H2,1-3H3,(H,21,25). The third-order valence-electron chi connectivity index (χ3n) is 4.37. The zero-order valence-electron chi connectivity index (χ0n) is 15.3. The van der Waals surface area contributed by atoms with Gasteiger partial charge in [-0.15, -0.1) is 0 Å². The molecule has 0 saturated carbocycles. The van der Waals surface area contributed by atoms with Crippen LogP contribution in [0.3, 0.4) is 0 Å². The van der Waals surface area contributed by atoms with Crippen molar-refractivity contribution in [3.05, 3.63) is 53.3 Å². The van der Waals surface area contributed by atoms with Gasteiger partial charge in [0.25, 0.3) is 0 Å². The summed E-state index contributed by atoms with van der Waals surface area (Å²) >= 11 is 0. The molecular weight excluding hydrogens is 330 g/mol. The molecule has 1 amide bonds. The first-order chi connectivity index (χ1) is 12.5. The van der Waals surface area contributed by atoms with E-state index in [0.29, 0.717) is 25.9 Å². The van der Waals surface area contributed by atoms with Crippen LogP contribution in [0.25, 0.3) is 11.3 Å². The number of aryl methyl sites for hydroxylation is 3. The second-order valence-corrected chi connectivity index (χ2v) is 6.29. The summed E-state index contributed by atoms with van der Waals surface area (Å²) in [5.41, 5.74) is 4.79. The molecule has 0 aromatic carbocycles. The van der Waals surface area contributed by atoms with E-state index < -0.39 is 0 Å². The number of hydrogen-bond acceptors (Lipinski definition) is 5. The van der Waals surface area contributed by atoms with Crippen molar-refractivity contribution >= 4 is 5.91 Å². The number of nitrogens with zero attached hydrogens (tertiary/aromatic N) is 4. The van der Waals surface area contributed by atoms with Crippen LogP contribution < -0.4 is 5.32 Å². The van der Waals surface area contributed by atoms with E-state index >= 15 is 0 Å². The minimum absolute atomic E-state index is 0.0160. The topological polar surface area (TPSA) is 85.8 Å². The Morgan fingerprint density at radius 1 is 1.31 bits per heavy atom. The lowest BCUT2D eigenvalue weighted by molar-refractivity contribution is -0.121. The molecule has 26 heavy (non-hydrogen) atoms. The zero-order chi connectivity index (χ0) is 18.5. The molecule has 0 aliphatic carbocycles. The predicted octanol–water partition coefficient (Wildman–Crippen LogP) is 2.61. The molecule has 0 unspecified atom stereocenters. The smallest absolute Gasteiger partial charge is 0.220 e. The second-order valence-electron chi connectivity index (χ2n) is 6.29. The molecule has 7 nitrogen and oxygen atoms in total. The quantitative estimate of drug-likeness (QED) is 0.706. The zero-order valence-corrected chi connectivity index (χ0v) is 15.3. The van der Waals surface area contributed by atoms with Crippen LogP contribution in [0.1, 0.15) is 29.1 Å². The van der Waals surface area contributed by atoms with E-state index in [4.69, 9.17) is 4.52 Å². The number of rotatable bonds is 7. The van der Waals surface area contributed by atoms with E-state index in [2.05, 4.69) is 20.6 Å². The Kier molecular flexibility index (Phi) is 5.46. The van der Waals surface area contributed by atoms with Crippen molar-refractivity contribution in [2.24, 2.45) is 0 Å². The number of amides is 1. The molecule has 0 aliphatic rings. The van der Waals surface area contributed by atoms with Crippen LogP contribution in [0.15, 0.2) is 35.1 Å². The highest BCUT2D eigenvalue weighted by Gasteiger charge is 2.11. The molecule has 3 aromatic heterocycles. The predicted molar refractivity (Wildman–Crippen MR) is 97.5 cm³/mol. The van der Waals surface area contributed by atoms with Crippen molar-refractivity contribution in [2.75, 3.05) is 6.54 Å². The largest absolute Gasteiger partial charge is 0.361 e. The summed E-state index contributed by atoms with van der Waals surface area (Å²) in [7, 11) is 0. The summed E-state index contributed by atoms with van der Waals surface area (Å²) in [6, 6.07) is 5.90. The van der Waals surface area contributed by atoms with Gasteiger partial charge in [0.05, 0.1) is 17.9 Å². The molecule has 0 aliphatic heterocycles. The van der Waals surface area contributed by atoms with E-state index in [0.717, 1.165) is 34.0 Å². The summed E-state index contributed by atoms with van der Waals surface area (Å²) in [5, 5.41) is 11.4. The molecule has 0 radical (unpaired) electrons. The van der Waals surface area contributed by atoms with Crippen molar-refractivity contribution in [1.82, 2.24) is 25.2 Å². The summed E-state index contributed by atoms with van der Waals surface area (Å²) in [5.74, 6) is 0.799. The fourth-order valence-corrected chi connectivity index (χ4v) is 2.88. The van der Waals surface area contributed by atoms with E-state index in [-0.39, 0.29) is 5.91 Å². The number of aromatic nitrogens is 4. The monoisotopic (exact) mass is 353 g/mol. The minimum atomic E-state index is 0.0160. The summed E-state index contributed by atoms with van der Waals surface area (Å²) < 4.78 is 7.02. The second kappa shape index (κ2) is 7.95. The van der Waals surface area contributed by atoms with Crippen molar-refractivity contribution in [1.29, 1.82) is 0 Å². The van der Waals surface area contributed by atoms with Gasteiger partial charge in [-0.2, -0.15) is 5.10 Å². The molecule has 3 heterocycles. The summed E-state index contributed by atoms with van der Waals surface area (Å²) in [4.78, 5) is 16.2. The van der Waals surface area contributed by atoms with E-state index in [9.17, 15) is 4.79 Å². The molecule has 3 rings (SSSR count). The molecule has 136 valence electrons. The fourth-order valence-electron chi connectivity index (χ4n) is 2.88. The number of pyridine rings is 1. The van der Waals surface area contributed by atoms with Gasteiger partial charge in [0.15, 0.2) is 0 Å². The molecule has 0 saturated heterocycles. The highest BCUT2D eigenvalue weighted by atomic mass is 16.5. The molecule has 0 bridgehead atoms. The van der Waals surface area contributed by atoms with Gasteiger partial charge in [0.2, 0.25) is 5.91 Å². The van der Waals surface area contributed by atoms with Gasteiger partial charge in [-0.25, -0.2) is 0 Å². The summed E-state index contributed by atoms with van der Waals surface area (Å²) in [6.45, 7) is 6.93. The minimum Gasteiger partial charge on any atom is -0.361 e. The molecule has 0 atom stereocenters. The maximum absolute atomic E-state index is 12.1. The lowest BCUT2D eigenvalue weighted by Crippen LogP contribution is -2.28. The lowest BCUT2D eigenvalue weighted by atomic mass is 10.1. The Balaban J connectivity index is 1.49. The van der Waals surface area contributed by atoms with Gasteiger partial charge in [0.1, 0.15) is 5.76 Å². The van der Waals surface area contributed by atoms with Gasteiger partial charge in [-0.3, -0.25) is 14.5 Å².